The van der Waals surface area contributed by atoms with Crippen LogP contribution in [-0.4, -0.2) is 39.9 Å². The van der Waals surface area contributed by atoms with Gasteiger partial charge in [0.05, 0.1) is 11.0 Å². The molecule has 0 radical (unpaired) electrons. The molecular formula is C97H118N4O4S4. The zero-order valence-electron chi connectivity index (χ0n) is 68.2. The molecule has 109 heavy (non-hydrogen) atoms. The number of hydrogen-bond donors (Lipinski definition) is 0. The van der Waals surface area contributed by atoms with Crippen molar-refractivity contribution < 1.29 is 18.9 Å². The second-order valence-electron chi connectivity index (χ2n) is 30.0. The first kappa shape index (κ1) is 87.2. The van der Waals surface area contributed by atoms with Gasteiger partial charge in [-0.3, -0.25) is 19.9 Å². The van der Waals surface area contributed by atoms with Gasteiger partial charge >= 0.3 is 0 Å². The van der Waals surface area contributed by atoms with E-state index in [1.165, 1.54) is 85.2 Å². The molecule has 2 aliphatic rings. The van der Waals surface area contributed by atoms with Crippen molar-refractivity contribution in [2.75, 3.05) is 20.0 Å². The molecule has 0 aliphatic carbocycles. The number of hydrogen-bond acceptors (Lipinski definition) is 12. The molecule has 0 spiro atoms. The third-order valence-electron chi connectivity index (χ3n) is 18.0. The number of thiophene rings is 4. The highest BCUT2D eigenvalue weighted by atomic mass is 32.1. The van der Waals surface area contributed by atoms with E-state index in [2.05, 4.69) is 319 Å². The molecule has 0 amide bonds. The molecule has 10 heterocycles. The van der Waals surface area contributed by atoms with Gasteiger partial charge in [0, 0.05) is 67.1 Å². The SMILES string of the molecule is CC(C)c1cc2ccccc2s1.CC(C)c1ccc2c(c1)OCCO2.CC(C)c1ccc2c(c1)OCO2.CC(C)c1ccc2ncccc2c1.CC(C)c1cccnc1.CC(C)c1cccnc1.CC(C)c1cccs1.CC(C)c1ccsc1.CC(C)c1cnc2ccccc2c1.CC(C)c1csc2ccccc12. The lowest BCUT2D eigenvalue weighted by molar-refractivity contribution is 0.171. The Balaban J connectivity index is 0.000000169. The van der Waals surface area contributed by atoms with E-state index >= 15 is 0 Å². The van der Waals surface area contributed by atoms with Gasteiger partial charge in [-0.2, -0.15) is 11.3 Å². The Morgan fingerprint density at radius 3 is 1.29 bits per heavy atom. The quantitative estimate of drug-likeness (QED) is 0.134. The third kappa shape index (κ3) is 29.0. The minimum atomic E-state index is 0.358. The van der Waals surface area contributed by atoms with Crippen LogP contribution < -0.4 is 18.9 Å². The van der Waals surface area contributed by atoms with Gasteiger partial charge in [0.15, 0.2) is 23.0 Å². The summed E-state index contributed by atoms with van der Waals surface area (Å²) in [5.74, 6) is 9.60. The summed E-state index contributed by atoms with van der Waals surface area (Å²) >= 11 is 7.35. The molecule has 8 nitrogen and oxygen atoms in total. The van der Waals surface area contributed by atoms with Gasteiger partial charge in [0.25, 0.3) is 0 Å². The molecule has 16 rings (SSSR count). The fourth-order valence-electron chi connectivity index (χ4n) is 10.9. The predicted molar refractivity (Wildman–Crippen MR) is 475 cm³/mol. The smallest absolute Gasteiger partial charge is 0.231 e. The zero-order chi connectivity index (χ0) is 78.8. The van der Waals surface area contributed by atoms with Gasteiger partial charge in [-0.25, -0.2) is 0 Å². The number of para-hydroxylation sites is 1. The van der Waals surface area contributed by atoms with Crippen molar-refractivity contribution in [3.63, 3.8) is 0 Å². The molecule has 0 bridgehead atoms. The molecule has 0 N–H and O–H groups in total. The molecular weight excluding hydrogens is 1410 g/mol. The van der Waals surface area contributed by atoms with Gasteiger partial charge in [-0.15, -0.1) is 34.0 Å². The van der Waals surface area contributed by atoms with Gasteiger partial charge in [0.2, 0.25) is 6.79 Å². The van der Waals surface area contributed by atoms with Crippen LogP contribution in [0.3, 0.4) is 0 Å². The van der Waals surface area contributed by atoms with Gasteiger partial charge < -0.3 is 18.9 Å². The number of rotatable bonds is 10. The van der Waals surface area contributed by atoms with E-state index in [1.54, 1.807) is 23.7 Å². The number of benzene rings is 6. The molecule has 6 aromatic carbocycles. The van der Waals surface area contributed by atoms with E-state index in [9.17, 15) is 0 Å². The first-order valence-electron chi connectivity index (χ1n) is 38.6. The molecule has 12 heteroatoms. The highest BCUT2D eigenvalue weighted by Crippen LogP contribution is 2.36. The molecule has 14 aromatic rings. The summed E-state index contributed by atoms with van der Waals surface area (Å²) in [5, 5.41) is 14.0. The lowest BCUT2D eigenvalue weighted by Gasteiger charge is -2.19. The van der Waals surface area contributed by atoms with Crippen LogP contribution in [0, 0.1) is 0 Å². The summed E-state index contributed by atoms with van der Waals surface area (Å²) in [6, 6.07) is 67.3. The van der Waals surface area contributed by atoms with Crippen LogP contribution in [0.2, 0.25) is 0 Å². The number of nitrogens with zero attached hydrogens (tertiary/aromatic N) is 4. The maximum Gasteiger partial charge on any atom is 0.231 e. The van der Waals surface area contributed by atoms with Crippen LogP contribution in [0.15, 0.2) is 253 Å². The molecule has 0 saturated carbocycles. The molecule has 0 unspecified atom stereocenters. The second-order valence-corrected chi connectivity index (χ2v) is 33.8. The summed E-state index contributed by atoms with van der Waals surface area (Å²) in [6.07, 6.45) is 11.2. The van der Waals surface area contributed by atoms with Crippen LogP contribution in [0.1, 0.15) is 252 Å². The highest BCUT2D eigenvalue weighted by Gasteiger charge is 2.15. The van der Waals surface area contributed by atoms with Gasteiger partial charge in [-0.05, 0) is 233 Å². The summed E-state index contributed by atoms with van der Waals surface area (Å²) < 4.78 is 24.2. The average molecular weight is 1530 g/mol. The topological polar surface area (TPSA) is 88.5 Å². The van der Waals surface area contributed by atoms with Crippen LogP contribution in [0.5, 0.6) is 23.0 Å². The Morgan fingerprint density at radius 1 is 0.303 bits per heavy atom. The fraction of sp³-hybridized carbons (Fsp3) is 0.340. The Kier molecular flexibility index (Phi) is 36.7. The van der Waals surface area contributed by atoms with Crippen molar-refractivity contribution in [3.8, 4) is 23.0 Å². The summed E-state index contributed by atoms with van der Waals surface area (Å²) in [7, 11) is 0. The van der Waals surface area contributed by atoms with E-state index in [1.807, 2.05) is 113 Å². The Labute approximate surface area is 669 Å². The van der Waals surface area contributed by atoms with Crippen molar-refractivity contribution in [3.05, 3.63) is 307 Å². The minimum Gasteiger partial charge on any atom is -0.486 e. The van der Waals surface area contributed by atoms with E-state index in [0.717, 1.165) is 34.0 Å². The number of ether oxygens (including phenoxy) is 4. The van der Waals surface area contributed by atoms with Gasteiger partial charge in [0.1, 0.15) is 13.2 Å². The van der Waals surface area contributed by atoms with Crippen LogP contribution in [0.25, 0.3) is 42.0 Å². The molecule has 0 atom stereocenters. The highest BCUT2D eigenvalue weighted by molar-refractivity contribution is 7.19. The Bertz CT molecular complexity index is 4620. The zero-order valence-corrected chi connectivity index (χ0v) is 71.5. The third-order valence-corrected chi connectivity index (χ3v) is 22.3. The normalized spacial score (nSPS) is 11.6. The van der Waals surface area contributed by atoms with Crippen molar-refractivity contribution in [1.82, 2.24) is 19.9 Å². The first-order chi connectivity index (χ1) is 52.4. The van der Waals surface area contributed by atoms with Gasteiger partial charge in [-0.1, -0.05) is 236 Å². The van der Waals surface area contributed by atoms with Crippen molar-refractivity contribution >= 4 is 87.3 Å². The lowest BCUT2D eigenvalue weighted by atomic mass is 10.0. The lowest BCUT2D eigenvalue weighted by Crippen LogP contribution is -2.15. The van der Waals surface area contributed by atoms with E-state index in [0.29, 0.717) is 79.2 Å². The predicted octanol–water partition coefficient (Wildman–Crippen LogP) is 30.0. The van der Waals surface area contributed by atoms with Crippen molar-refractivity contribution in [2.24, 2.45) is 0 Å². The molecule has 0 saturated heterocycles. The second kappa shape index (κ2) is 45.8. The van der Waals surface area contributed by atoms with Crippen LogP contribution in [0.4, 0.5) is 0 Å². The number of fused-ring (bicyclic) bond motifs is 6. The summed E-state index contributed by atoms with van der Waals surface area (Å²) in [4.78, 5) is 19.7. The van der Waals surface area contributed by atoms with Crippen molar-refractivity contribution in [1.29, 1.82) is 0 Å². The largest absolute Gasteiger partial charge is 0.486 e. The van der Waals surface area contributed by atoms with Crippen LogP contribution in [-0.2, 0) is 0 Å². The first-order valence-corrected chi connectivity index (χ1v) is 42.2. The molecule has 574 valence electrons. The Hall–Kier alpha value is -9.04. The van der Waals surface area contributed by atoms with E-state index in [4.69, 9.17) is 18.9 Å². The average Bonchev–Trinajstić information content (AvgIpc) is 1.59. The maximum absolute atomic E-state index is 5.49. The molecule has 2 aliphatic heterocycles. The van der Waals surface area contributed by atoms with E-state index in [-0.39, 0.29) is 0 Å². The van der Waals surface area contributed by atoms with Crippen LogP contribution >= 0.6 is 45.3 Å². The monoisotopic (exact) mass is 1530 g/mol. The molecule has 0 fully saturated rings. The van der Waals surface area contributed by atoms with Crippen molar-refractivity contribution in [2.45, 2.75) is 198 Å². The van der Waals surface area contributed by atoms with E-state index < -0.39 is 0 Å². The maximum atomic E-state index is 5.49. The standard InChI is InChI=1S/2C12H13N.C11H14O2.2C11H12S.C10H12O2.2C8H11N.2C7H10S/c1-9(2)10-5-6-12-11(8-10)4-3-7-13-12;1-9(2)11-7-10-5-3-4-6-12(10)13-8-11;1-8(2)9-3-4-10-11(7-9)13-6-5-12-10;1-8(2)10-7-12-11-6-4-3-5-9(10)11;1-8(2)11-7-9-5-3-4-6-10(9)12-11;1-7(2)8-3-4-9-10(5-8)12-6-11-9;2*1-7(2)8-4-3-5-9-6-8;1-6(2)7-3-4-8-5-7;1-6(2)7-4-3-5-8-7/h2*3-9H,1-2H3;3-4,7-8H,5-6H2,1-2H3;2*3-8H,1-2H3;3-5,7H,6H2,1-2H3;2*3-7H,1-2H3;2*3-6H,1-2H3. The molecule has 8 aromatic heterocycles. The number of aromatic nitrogens is 4. The summed E-state index contributed by atoms with van der Waals surface area (Å²) in [5.41, 5.74) is 13.0. The summed E-state index contributed by atoms with van der Waals surface area (Å²) in [6.45, 7) is 45.6. The number of pyridine rings is 4. The fourth-order valence-corrected chi connectivity index (χ4v) is 14.7. The Morgan fingerprint density at radius 2 is 0.789 bits per heavy atom. The minimum absolute atomic E-state index is 0.358.